The lowest BCUT2D eigenvalue weighted by atomic mass is 10.0. The van der Waals surface area contributed by atoms with Gasteiger partial charge in [0.05, 0.1) is 35.4 Å². The fourth-order valence-corrected chi connectivity index (χ4v) is 4.74. The van der Waals surface area contributed by atoms with Crippen molar-refractivity contribution in [3.63, 3.8) is 0 Å². The fraction of sp³-hybridized carbons (Fsp3) is 0.250. The van der Waals surface area contributed by atoms with Crippen molar-refractivity contribution >= 4 is 40.3 Å². The molecule has 1 atom stereocenters. The smallest absolute Gasteiger partial charge is 0.0927 e. The van der Waals surface area contributed by atoms with Crippen LogP contribution in [-0.4, -0.2) is 30.1 Å². The maximum Gasteiger partial charge on any atom is 0.0927 e. The van der Waals surface area contributed by atoms with E-state index in [0.29, 0.717) is 24.4 Å². The minimum absolute atomic E-state index is 0.0119. The average Bonchev–Trinajstić information content (AvgIpc) is 3.22. The van der Waals surface area contributed by atoms with E-state index in [4.69, 9.17) is 39.6 Å². The summed E-state index contributed by atoms with van der Waals surface area (Å²) in [5.74, 6) is 2.56. The maximum absolute atomic E-state index is 6.39. The average molecular weight is 544 g/mol. The van der Waals surface area contributed by atoms with Crippen LogP contribution in [0.5, 0.6) is 0 Å². The highest BCUT2D eigenvalue weighted by Gasteiger charge is 2.33. The lowest BCUT2D eigenvalue weighted by Gasteiger charge is -2.41. The fourth-order valence-electron chi connectivity index (χ4n) is 4.46. The molecule has 1 heterocycles. The molecule has 1 unspecified atom stereocenters. The van der Waals surface area contributed by atoms with Gasteiger partial charge in [-0.3, -0.25) is 9.98 Å². The molecule has 1 fully saturated rings. The first kappa shape index (κ1) is 27.5. The number of aliphatic imine (C=N–C) groups is 2. The van der Waals surface area contributed by atoms with Gasteiger partial charge < -0.3 is 10.2 Å². The Morgan fingerprint density at radius 3 is 2.89 bits per heavy atom. The zero-order chi connectivity index (χ0) is 27.1. The van der Waals surface area contributed by atoms with Gasteiger partial charge in [0.15, 0.2) is 0 Å². The van der Waals surface area contributed by atoms with Crippen LogP contribution < -0.4 is 10.2 Å². The molecular formula is C32H32Cl2N4. The highest BCUT2D eigenvalue weighted by Crippen LogP contribution is 2.36. The van der Waals surface area contributed by atoms with Crippen molar-refractivity contribution in [2.24, 2.45) is 9.98 Å². The monoisotopic (exact) mass is 542 g/mol. The molecule has 3 aliphatic rings. The van der Waals surface area contributed by atoms with E-state index in [-0.39, 0.29) is 12.1 Å². The number of halogens is 2. The summed E-state index contributed by atoms with van der Waals surface area (Å²) in [5, 5.41) is 5.04. The molecule has 0 aromatic heterocycles. The number of hydrogen-bond donors (Lipinski definition) is 1. The van der Waals surface area contributed by atoms with Crippen molar-refractivity contribution in [1.82, 2.24) is 5.32 Å². The summed E-state index contributed by atoms with van der Waals surface area (Å²) in [6, 6.07) is 6.34. The van der Waals surface area contributed by atoms with Crippen molar-refractivity contribution in [2.45, 2.75) is 45.7 Å². The van der Waals surface area contributed by atoms with E-state index in [1.165, 1.54) is 0 Å². The molecule has 38 heavy (non-hydrogen) atoms. The first-order chi connectivity index (χ1) is 18.4. The number of piperazine rings is 1. The summed E-state index contributed by atoms with van der Waals surface area (Å²) in [5.41, 5.74) is 7.06. The molecule has 1 aromatic rings. The van der Waals surface area contributed by atoms with Crippen LogP contribution in [0.2, 0.25) is 5.02 Å². The third-order valence-electron chi connectivity index (χ3n) is 6.16. The van der Waals surface area contributed by atoms with Gasteiger partial charge in [0.25, 0.3) is 0 Å². The summed E-state index contributed by atoms with van der Waals surface area (Å²) in [7, 11) is 0. The molecule has 0 saturated carbocycles. The Labute approximate surface area is 236 Å². The van der Waals surface area contributed by atoms with Crippen molar-refractivity contribution in [3.05, 3.63) is 112 Å². The largest absolute Gasteiger partial charge is 0.355 e. The van der Waals surface area contributed by atoms with E-state index < -0.39 is 0 Å². The van der Waals surface area contributed by atoms with Gasteiger partial charge >= 0.3 is 0 Å². The SMILES string of the molecule is C#CC/C=C(Cl)\C=C/CN=C1C=C2NC3=CC=CC=CC3N(c3ccc(Cl)c(C)c3)C2=CCC1=NC(C)C. The second-order valence-corrected chi connectivity index (χ2v) is 10.3. The molecule has 0 radical (unpaired) electrons. The zero-order valence-corrected chi connectivity index (χ0v) is 23.5. The predicted molar refractivity (Wildman–Crippen MR) is 164 cm³/mol. The maximum atomic E-state index is 6.39. The molecule has 2 aliphatic carbocycles. The first-order valence-electron chi connectivity index (χ1n) is 12.7. The van der Waals surface area contributed by atoms with Crippen molar-refractivity contribution in [3.8, 4) is 12.3 Å². The van der Waals surface area contributed by atoms with Crippen LogP contribution in [0, 0.1) is 19.3 Å². The second-order valence-electron chi connectivity index (χ2n) is 9.41. The number of benzene rings is 1. The standard InChI is InChI=1S/C32H32Cl2N4/c1-5-6-11-24(33)12-10-19-35-29-21-30-32(18-17-27(29)36-22(2)3)38(25-15-16-26(34)23(4)20-25)31-14-9-7-8-13-28(31)37-30/h1,7-16,18,20-22,31,37H,6,17,19H2,2-4H3/b12-10-,24-11+,35-29?,36-27?. The van der Waals surface area contributed by atoms with E-state index in [1.807, 2.05) is 31.2 Å². The number of nitrogens with one attached hydrogen (secondary N) is 1. The van der Waals surface area contributed by atoms with E-state index in [9.17, 15) is 0 Å². The molecule has 1 aromatic carbocycles. The molecule has 6 heteroatoms. The molecule has 1 N–H and O–H groups in total. The van der Waals surface area contributed by atoms with Gasteiger partial charge in [0.1, 0.15) is 0 Å². The third-order valence-corrected chi connectivity index (χ3v) is 6.87. The Morgan fingerprint density at radius 2 is 2.13 bits per heavy atom. The molecule has 1 saturated heterocycles. The van der Waals surface area contributed by atoms with E-state index in [1.54, 1.807) is 6.08 Å². The van der Waals surface area contributed by atoms with Crippen LogP contribution in [0.1, 0.15) is 32.3 Å². The molecule has 4 rings (SSSR count). The van der Waals surface area contributed by atoms with Gasteiger partial charge in [-0.1, -0.05) is 65.7 Å². The quantitative estimate of drug-likeness (QED) is 0.297. The number of fused-ring (bicyclic) bond motifs is 2. The summed E-state index contributed by atoms with van der Waals surface area (Å²) in [6.07, 6.45) is 26.9. The Balaban J connectivity index is 1.78. The van der Waals surface area contributed by atoms with Gasteiger partial charge in [0.2, 0.25) is 0 Å². The van der Waals surface area contributed by atoms with Gasteiger partial charge in [-0.15, -0.1) is 12.3 Å². The summed E-state index contributed by atoms with van der Waals surface area (Å²) < 4.78 is 0. The van der Waals surface area contributed by atoms with Crippen LogP contribution in [0.4, 0.5) is 5.69 Å². The van der Waals surface area contributed by atoms with Crippen LogP contribution in [0.3, 0.4) is 0 Å². The Bertz CT molecular complexity index is 1390. The third kappa shape index (κ3) is 6.67. The Kier molecular flexibility index (Phi) is 9.29. The van der Waals surface area contributed by atoms with E-state index in [2.05, 4.69) is 78.6 Å². The number of anilines is 1. The number of terminal acetylenes is 1. The topological polar surface area (TPSA) is 40.0 Å². The number of hydrogen-bond acceptors (Lipinski definition) is 4. The van der Waals surface area contributed by atoms with Crippen LogP contribution in [0.25, 0.3) is 0 Å². The normalized spacial score (nSPS) is 21.4. The highest BCUT2D eigenvalue weighted by molar-refractivity contribution is 6.47. The van der Waals surface area contributed by atoms with Crippen molar-refractivity contribution in [1.29, 1.82) is 0 Å². The van der Waals surface area contributed by atoms with Gasteiger partial charge in [-0.25, -0.2) is 0 Å². The molecule has 0 spiro atoms. The molecule has 0 amide bonds. The van der Waals surface area contributed by atoms with Crippen molar-refractivity contribution < 1.29 is 0 Å². The van der Waals surface area contributed by atoms with Gasteiger partial charge in [-0.2, -0.15) is 0 Å². The van der Waals surface area contributed by atoms with E-state index in [0.717, 1.165) is 44.8 Å². The number of allylic oxidation sites excluding steroid dienone is 9. The summed E-state index contributed by atoms with van der Waals surface area (Å²) >= 11 is 12.6. The zero-order valence-electron chi connectivity index (χ0n) is 22.0. The summed E-state index contributed by atoms with van der Waals surface area (Å²) in [6.45, 7) is 6.68. The van der Waals surface area contributed by atoms with Crippen molar-refractivity contribution in [2.75, 3.05) is 11.4 Å². The lowest BCUT2D eigenvalue weighted by Crippen LogP contribution is -2.46. The minimum Gasteiger partial charge on any atom is -0.355 e. The number of rotatable bonds is 6. The lowest BCUT2D eigenvalue weighted by molar-refractivity contribution is 0.719. The second kappa shape index (κ2) is 12.8. The molecule has 0 bridgehead atoms. The molecule has 1 aliphatic heterocycles. The predicted octanol–water partition coefficient (Wildman–Crippen LogP) is 7.60. The Morgan fingerprint density at radius 1 is 1.29 bits per heavy atom. The minimum atomic E-state index is 0.0119. The molecular weight excluding hydrogens is 511 g/mol. The molecule has 194 valence electrons. The first-order valence-corrected chi connectivity index (χ1v) is 13.5. The summed E-state index contributed by atoms with van der Waals surface area (Å²) in [4.78, 5) is 12.2. The molecule has 4 nitrogen and oxygen atoms in total. The highest BCUT2D eigenvalue weighted by atomic mass is 35.5. The van der Waals surface area contributed by atoms with Crippen LogP contribution in [0.15, 0.2) is 111 Å². The van der Waals surface area contributed by atoms with Gasteiger partial charge in [0, 0.05) is 40.3 Å². The van der Waals surface area contributed by atoms with E-state index >= 15 is 0 Å². The van der Waals surface area contributed by atoms with Crippen LogP contribution >= 0.6 is 23.2 Å². The Hall–Kier alpha value is -3.52. The number of aryl methyl sites for hydroxylation is 1. The number of nitrogens with zero attached hydrogens (tertiary/aromatic N) is 3. The van der Waals surface area contributed by atoms with Gasteiger partial charge in [-0.05, 0) is 62.8 Å². The van der Waals surface area contributed by atoms with Crippen LogP contribution in [-0.2, 0) is 0 Å².